The Labute approximate surface area is 164 Å². The van der Waals surface area contributed by atoms with Gasteiger partial charge in [-0.05, 0) is 41.7 Å². The predicted octanol–water partition coefficient (Wildman–Crippen LogP) is 4.04. The van der Waals surface area contributed by atoms with Crippen LogP contribution in [0.5, 0.6) is 0 Å². The van der Waals surface area contributed by atoms with E-state index in [-0.39, 0.29) is 11.9 Å². The van der Waals surface area contributed by atoms with Gasteiger partial charge in [-0.25, -0.2) is 0 Å². The van der Waals surface area contributed by atoms with Crippen LogP contribution in [-0.2, 0) is 11.2 Å². The molecule has 2 amide bonds. The van der Waals surface area contributed by atoms with Gasteiger partial charge in [0.05, 0.1) is 6.04 Å². The summed E-state index contributed by atoms with van der Waals surface area (Å²) in [6.45, 7) is 0. The second-order valence-corrected chi connectivity index (χ2v) is 7.05. The van der Waals surface area contributed by atoms with Crippen LogP contribution in [0.3, 0.4) is 0 Å². The fraction of sp³-hybridized carbons (Fsp3) is 0.167. The molecule has 1 aliphatic rings. The monoisotopic (exact) mass is 370 g/mol. The molecule has 1 aliphatic carbocycles. The molecule has 0 aliphatic heterocycles. The maximum Gasteiger partial charge on any atom is 0.255 e. The molecule has 2 N–H and O–H groups in total. The van der Waals surface area contributed by atoms with Gasteiger partial charge in [0.1, 0.15) is 6.04 Å². The number of aryl methyl sites for hydroxylation is 1. The van der Waals surface area contributed by atoms with Crippen molar-refractivity contribution in [3.63, 3.8) is 0 Å². The maximum atomic E-state index is 13.6. The van der Waals surface area contributed by atoms with Gasteiger partial charge in [-0.2, -0.15) is 0 Å². The fourth-order valence-electron chi connectivity index (χ4n) is 4.09. The summed E-state index contributed by atoms with van der Waals surface area (Å²) < 4.78 is 0. The third-order valence-electron chi connectivity index (χ3n) is 5.36. The second-order valence-electron chi connectivity index (χ2n) is 7.05. The Morgan fingerprint density at radius 3 is 2.14 bits per heavy atom. The number of rotatable bonds is 5. The Hall–Kier alpha value is -3.40. The molecule has 0 heterocycles. The summed E-state index contributed by atoms with van der Waals surface area (Å²) in [6.07, 6.45) is 1.65. The second kappa shape index (κ2) is 7.69. The van der Waals surface area contributed by atoms with Crippen LogP contribution in [0.15, 0.2) is 84.9 Å². The normalized spacial score (nSPS) is 16.2. The van der Waals surface area contributed by atoms with E-state index in [0.29, 0.717) is 5.56 Å². The van der Waals surface area contributed by atoms with Crippen LogP contribution in [0, 0.1) is 0 Å². The van der Waals surface area contributed by atoms with Crippen molar-refractivity contribution in [1.82, 2.24) is 4.90 Å². The first-order valence-corrected chi connectivity index (χ1v) is 9.46. The van der Waals surface area contributed by atoms with E-state index < -0.39 is 11.9 Å². The van der Waals surface area contributed by atoms with Crippen molar-refractivity contribution in [2.45, 2.75) is 24.9 Å². The molecule has 0 radical (unpaired) electrons. The summed E-state index contributed by atoms with van der Waals surface area (Å²) in [5.74, 6) is -0.713. The Balaban J connectivity index is 1.84. The Bertz CT molecular complexity index is 986. The van der Waals surface area contributed by atoms with E-state index >= 15 is 0 Å². The van der Waals surface area contributed by atoms with Crippen molar-refractivity contribution in [1.29, 1.82) is 0 Å². The number of carbonyl (C=O) groups excluding carboxylic acids is 2. The van der Waals surface area contributed by atoms with E-state index in [9.17, 15) is 9.59 Å². The lowest BCUT2D eigenvalue weighted by Crippen LogP contribution is -2.43. The van der Waals surface area contributed by atoms with Gasteiger partial charge in [0.2, 0.25) is 5.91 Å². The van der Waals surface area contributed by atoms with E-state index in [4.69, 9.17) is 5.73 Å². The number of carbonyl (C=O) groups is 2. The lowest BCUT2D eigenvalue weighted by Gasteiger charge is -2.36. The highest BCUT2D eigenvalue weighted by Crippen LogP contribution is 2.41. The van der Waals surface area contributed by atoms with Crippen molar-refractivity contribution in [3.8, 4) is 0 Å². The summed E-state index contributed by atoms with van der Waals surface area (Å²) in [5, 5.41) is 0. The van der Waals surface area contributed by atoms with Gasteiger partial charge in [-0.15, -0.1) is 0 Å². The minimum absolute atomic E-state index is 0.185. The van der Waals surface area contributed by atoms with Gasteiger partial charge in [-0.1, -0.05) is 72.8 Å². The van der Waals surface area contributed by atoms with Crippen LogP contribution in [0.2, 0.25) is 0 Å². The average molecular weight is 370 g/mol. The molecule has 140 valence electrons. The average Bonchev–Trinajstić information content (AvgIpc) is 3.16. The van der Waals surface area contributed by atoms with E-state index in [2.05, 4.69) is 6.07 Å². The fourth-order valence-corrected chi connectivity index (χ4v) is 4.09. The largest absolute Gasteiger partial charge is 0.368 e. The quantitative estimate of drug-likeness (QED) is 0.737. The third kappa shape index (κ3) is 3.29. The highest BCUT2D eigenvalue weighted by Gasteiger charge is 2.39. The molecule has 2 atom stereocenters. The van der Waals surface area contributed by atoms with E-state index in [1.807, 2.05) is 66.7 Å². The van der Waals surface area contributed by atoms with Gasteiger partial charge in [-0.3, -0.25) is 9.59 Å². The zero-order valence-electron chi connectivity index (χ0n) is 15.5. The standard InChI is InChI=1S/C24H22N2O2/c25-23(27)22(18-10-3-1-4-11-18)26(24(28)19-12-5-2-6-13-19)21-16-15-17-9-7-8-14-20(17)21/h1-14,21-22H,15-16H2,(H2,25,27)/t21-,22-/m1/s1. The molecule has 0 bridgehead atoms. The molecule has 0 unspecified atom stereocenters. The molecule has 3 aromatic carbocycles. The molecular weight excluding hydrogens is 348 g/mol. The highest BCUT2D eigenvalue weighted by atomic mass is 16.2. The lowest BCUT2D eigenvalue weighted by molar-refractivity contribution is -0.123. The molecule has 0 spiro atoms. The molecule has 3 aromatic rings. The summed E-state index contributed by atoms with van der Waals surface area (Å²) in [4.78, 5) is 27.8. The topological polar surface area (TPSA) is 63.4 Å². The van der Waals surface area contributed by atoms with Crippen LogP contribution in [-0.4, -0.2) is 16.7 Å². The molecular formula is C24H22N2O2. The smallest absolute Gasteiger partial charge is 0.255 e. The van der Waals surface area contributed by atoms with Crippen molar-refractivity contribution in [2.24, 2.45) is 5.73 Å². The van der Waals surface area contributed by atoms with Crippen LogP contribution in [0.25, 0.3) is 0 Å². The highest BCUT2D eigenvalue weighted by molar-refractivity contribution is 5.98. The Kier molecular flexibility index (Phi) is 4.94. The molecule has 28 heavy (non-hydrogen) atoms. The van der Waals surface area contributed by atoms with Gasteiger partial charge >= 0.3 is 0 Å². The Morgan fingerprint density at radius 2 is 1.46 bits per heavy atom. The first kappa shape index (κ1) is 18.0. The minimum Gasteiger partial charge on any atom is -0.368 e. The zero-order valence-corrected chi connectivity index (χ0v) is 15.5. The summed E-state index contributed by atoms with van der Waals surface area (Å²) >= 11 is 0. The van der Waals surface area contributed by atoms with Gasteiger partial charge in [0.25, 0.3) is 5.91 Å². The predicted molar refractivity (Wildman–Crippen MR) is 108 cm³/mol. The van der Waals surface area contributed by atoms with E-state index in [0.717, 1.165) is 24.0 Å². The Morgan fingerprint density at radius 1 is 0.857 bits per heavy atom. The van der Waals surface area contributed by atoms with Crippen LogP contribution < -0.4 is 5.73 Å². The molecule has 0 saturated carbocycles. The van der Waals surface area contributed by atoms with E-state index in [1.54, 1.807) is 17.0 Å². The summed E-state index contributed by atoms with van der Waals surface area (Å²) in [5.41, 5.74) is 9.42. The first-order valence-electron chi connectivity index (χ1n) is 9.46. The molecule has 4 nitrogen and oxygen atoms in total. The van der Waals surface area contributed by atoms with Crippen molar-refractivity contribution >= 4 is 11.8 Å². The number of fused-ring (bicyclic) bond motifs is 1. The summed E-state index contributed by atoms with van der Waals surface area (Å²) in [7, 11) is 0. The molecule has 4 rings (SSSR count). The zero-order chi connectivity index (χ0) is 19.5. The number of amides is 2. The SMILES string of the molecule is NC(=O)[C@@H](c1ccccc1)N(C(=O)c1ccccc1)[C@@H]1CCc2ccccc21. The summed E-state index contributed by atoms with van der Waals surface area (Å²) in [6, 6.07) is 25.5. The molecule has 0 aromatic heterocycles. The number of hydrogen-bond acceptors (Lipinski definition) is 2. The maximum absolute atomic E-state index is 13.6. The van der Waals surface area contributed by atoms with Gasteiger partial charge in [0, 0.05) is 5.56 Å². The van der Waals surface area contributed by atoms with Gasteiger partial charge < -0.3 is 10.6 Å². The van der Waals surface area contributed by atoms with Crippen LogP contribution >= 0.6 is 0 Å². The number of nitrogens with two attached hydrogens (primary N) is 1. The third-order valence-corrected chi connectivity index (χ3v) is 5.36. The van der Waals surface area contributed by atoms with Crippen LogP contribution in [0.4, 0.5) is 0 Å². The number of hydrogen-bond donors (Lipinski definition) is 1. The number of primary amides is 1. The van der Waals surface area contributed by atoms with Crippen molar-refractivity contribution in [2.75, 3.05) is 0 Å². The first-order chi connectivity index (χ1) is 13.7. The molecule has 0 saturated heterocycles. The van der Waals surface area contributed by atoms with Gasteiger partial charge in [0.15, 0.2) is 0 Å². The number of benzene rings is 3. The lowest BCUT2D eigenvalue weighted by atomic mass is 9.98. The minimum atomic E-state index is -0.829. The van der Waals surface area contributed by atoms with Crippen molar-refractivity contribution in [3.05, 3.63) is 107 Å². The van der Waals surface area contributed by atoms with Crippen LogP contribution in [0.1, 0.15) is 45.6 Å². The molecule has 0 fully saturated rings. The van der Waals surface area contributed by atoms with Crippen molar-refractivity contribution < 1.29 is 9.59 Å². The number of nitrogens with zero attached hydrogens (tertiary/aromatic N) is 1. The van der Waals surface area contributed by atoms with E-state index in [1.165, 1.54) is 5.56 Å². The molecule has 4 heteroatoms.